The molecule has 3 aromatic rings. The number of benzene rings is 2. The maximum Gasteiger partial charge on any atom is 0.254 e. The largest absolute Gasteiger partial charge is 0.339 e. The lowest BCUT2D eigenvalue weighted by Gasteiger charge is -2.33. The van der Waals surface area contributed by atoms with E-state index < -0.39 is 0 Å². The summed E-state index contributed by atoms with van der Waals surface area (Å²) in [4.78, 5) is 20.1. The van der Waals surface area contributed by atoms with E-state index in [-0.39, 0.29) is 5.91 Å². The molecule has 1 N–H and O–H groups in total. The second-order valence-electron chi connectivity index (χ2n) is 9.39. The van der Waals surface area contributed by atoms with Gasteiger partial charge in [-0.15, -0.1) is 0 Å². The summed E-state index contributed by atoms with van der Waals surface area (Å²) < 4.78 is 0. The van der Waals surface area contributed by atoms with Gasteiger partial charge in [0.15, 0.2) is 5.82 Å². The monoisotopic (exact) mass is 439 g/mol. The van der Waals surface area contributed by atoms with Crippen LogP contribution in [0.4, 0.5) is 0 Å². The van der Waals surface area contributed by atoms with Crippen molar-refractivity contribution in [1.29, 1.82) is 5.26 Å². The number of carbonyl (C=O) groups excluding carboxylic acids is 1. The van der Waals surface area contributed by atoms with Gasteiger partial charge in [0.25, 0.3) is 5.91 Å². The molecule has 168 valence electrons. The zero-order valence-electron chi connectivity index (χ0n) is 19.3. The van der Waals surface area contributed by atoms with E-state index in [1.807, 2.05) is 43.0 Å². The Labute approximate surface area is 194 Å². The van der Waals surface area contributed by atoms with Gasteiger partial charge in [-0.1, -0.05) is 30.7 Å². The van der Waals surface area contributed by atoms with Crippen LogP contribution in [0, 0.1) is 25.2 Å². The fourth-order valence-corrected chi connectivity index (χ4v) is 5.19. The smallest absolute Gasteiger partial charge is 0.254 e. The molecule has 0 spiro atoms. The minimum absolute atomic E-state index is 0.0770. The maximum atomic E-state index is 13.6. The SMILES string of the molecule is Cc1nc(-c2cc(C(=O)N3CCC(c4ccccc4C#N)CC3)c(C)cc2C2CCC2)n[nH]1. The van der Waals surface area contributed by atoms with E-state index in [2.05, 4.69) is 33.4 Å². The highest BCUT2D eigenvalue weighted by Crippen LogP contribution is 2.42. The molecule has 1 saturated carbocycles. The van der Waals surface area contributed by atoms with Gasteiger partial charge in [0.2, 0.25) is 0 Å². The first-order valence-electron chi connectivity index (χ1n) is 11.9. The Balaban J connectivity index is 1.39. The molecule has 1 aromatic heterocycles. The Morgan fingerprint density at radius 1 is 1.06 bits per heavy atom. The van der Waals surface area contributed by atoms with Crippen molar-refractivity contribution in [3.05, 3.63) is 70.0 Å². The van der Waals surface area contributed by atoms with Gasteiger partial charge in [-0.2, -0.15) is 10.4 Å². The molecule has 33 heavy (non-hydrogen) atoms. The summed E-state index contributed by atoms with van der Waals surface area (Å²) in [7, 11) is 0. The molecule has 6 nitrogen and oxygen atoms in total. The molecule has 0 unspecified atom stereocenters. The summed E-state index contributed by atoms with van der Waals surface area (Å²) in [6.45, 7) is 5.33. The number of hydrogen-bond acceptors (Lipinski definition) is 4. The minimum Gasteiger partial charge on any atom is -0.339 e. The third-order valence-corrected chi connectivity index (χ3v) is 7.31. The highest BCUT2D eigenvalue weighted by atomic mass is 16.2. The van der Waals surface area contributed by atoms with E-state index in [4.69, 9.17) is 0 Å². The molecule has 2 aliphatic rings. The fraction of sp³-hybridized carbons (Fsp3) is 0.407. The van der Waals surface area contributed by atoms with E-state index in [1.54, 1.807) is 0 Å². The number of aromatic nitrogens is 3. The lowest BCUT2D eigenvalue weighted by Crippen LogP contribution is -2.38. The van der Waals surface area contributed by atoms with E-state index in [0.717, 1.165) is 46.5 Å². The van der Waals surface area contributed by atoms with Crippen LogP contribution in [0.25, 0.3) is 11.4 Å². The van der Waals surface area contributed by atoms with Gasteiger partial charge >= 0.3 is 0 Å². The number of hydrogen-bond donors (Lipinski definition) is 1. The predicted molar refractivity (Wildman–Crippen MR) is 127 cm³/mol. The van der Waals surface area contributed by atoms with E-state index in [0.29, 0.717) is 30.7 Å². The molecule has 2 aromatic carbocycles. The number of nitrogens with zero attached hydrogens (tertiary/aromatic N) is 4. The first kappa shape index (κ1) is 21.4. The highest BCUT2D eigenvalue weighted by Gasteiger charge is 2.29. The van der Waals surface area contributed by atoms with Crippen molar-refractivity contribution in [3.63, 3.8) is 0 Å². The van der Waals surface area contributed by atoms with Crippen molar-refractivity contribution in [2.24, 2.45) is 0 Å². The average molecular weight is 440 g/mol. The van der Waals surface area contributed by atoms with Crippen molar-refractivity contribution in [1.82, 2.24) is 20.1 Å². The summed E-state index contributed by atoms with van der Waals surface area (Å²) in [5.41, 5.74) is 5.87. The normalized spacial score (nSPS) is 16.9. The quantitative estimate of drug-likeness (QED) is 0.602. The van der Waals surface area contributed by atoms with Crippen LogP contribution in [0.15, 0.2) is 36.4 Å². The Kier molecular flexibility index (Phi) is 5.72. The first-order chi connectivity index (χ1) is 16.0. The van der Waals surface area contributed by atoms with Crippen molar-refractivity contribution in [2.45, 2.75) is 57.8 Å². The first-order valence-corrected chi connectivity index (χ1v) is 11.9. The third kappa shape index (κ3) is 4.04. The van der Waals surface area contributed by atoms with Crippen LogP contribution in [0.3, 0.4) is 0 Å². The lowest BCUT2D eigenvalue weighted by atomic mass is 9.77. The topological polar surface area (TPSA) is 85.7 Å². The third-order valence-electron chi connectivity index (χ3n) is 7.31. The van der Waals surface area contributed by atoms with E-state index >= 15 is 0 Å². The van der Waals surface area contributed by atoms with Crippen LogP contribution < -0.4 is 0 Å². The molecule has 6 heteroatoms. The molecule has 0 atom stereocenters. The Bertz CT molecular complexity index is 1230. The van der Waals surface area contributed by atoms with Gasteiger partial charge < -0.3 is 4.90 Å². The van der Waals surface area contributed by atoms with Crippen molar-refractivity contribution < 1.29 is 4.79 Å². The zero-order valence-corrected chi connectivity index (χ0v) is 19.3. The number of piperidine rings is 1. The Morgan fingerprint density at radius 3 is 2.42 bits per heavy atom. The number of nitrogens with one attached hydrogen (secondary N) is 1. The summed E-state index contributed by atoms with van der Waals surface area (Å²) in [6.07, 6.45) is 5.36. The van der Waals surface area contributed by atoms with Crippen LogP contribution in [0.1, 0.15) is 82.4 Å². The number of aromatic amines is 1. The molecule has 5 rings (SSSR count). The molecule has 0 bridgehead atoms. The van der Waals surface area contributed by atoms with Crippen LogP contribution in [-0.4, -0.2) is 39.1 Å². The Morgan fingerprint density at radius 2 is 1.79 bits per heavy atom. The molecule has 1 aliphatic carbocycles. The van der Waals surface area contributed by atoms with Crippen LogP contribution in [-0.2, 0) is 0 Å². The number of aryl methyl sites for hydroxylation is 2. The summed E-state index contributed by atoms with van der Waals surface area (Å²) in [5, 5.41) is 16.8. The molecule has 2 heterocycles. The van der Waals surface area contributed by atoms with Gasteiger partial charge in [-0.3, -0.25) is 9.89 Å². The van der Waals surface area contributed by atoms with Crippen LogP contribution in [0.5, 0.6) is 0 Å². The molecule has 0 radical (unpaired) electrons. The molecule has 1 aliphatic heterocycles. The van der Waals surface area contributed by atoms with E-state index in [1.165, 1.54) is 24.8 Å². The van der Waals surface area contributed by atoms with Gasteiger partial charge in [0.05, 0.1) is 11.6 Å². The lowest BCUT2D eigenvalue weighted by molar-refractivity contribution is 0.0712. The second kappa shape index (κ2) is 8.82. The molecular formula is C27H29N5O. The molecule has 1 amide bonds. The number of nitriles is 1. The van der Waals surface area contributed by atoms with Crippen molar-refractivity contribution >= 4 is 5.91 Å². The number of carbonyl (C=O) groups is 1. The van der Waals surface area contributed by atoms with Gasteiger partial charge in [-0.05, 0) is 80.2 Å². The van der Waals surface area contributed by atoms with Crippen LogP contribution in [0.2, 0.25) is 0 Å². The minimum atomic E-state index is 0.0770. The number of rotatable bonds is 4. The second-order valence-corrected chi connectivity index (χ2v) is 9.39. The van der Waals surface area contributed by atoms with Gasteiger partial charge in [0, 0.05) is 24.2 Å². The maximum absolute atomic E-state index is 13.6. The summed E-state index contributed by atoms with van der Waals surface area (Å²) in [5.74, 6) is 2.37. The zero-order chi connectivity index (χ0) is 22.9. The fourth-order valence-electron chi connectivity index (χ4n) is 5.19. The average Bonchev–Trinajstić information content (AvgIpc) is 3.24. The summed E-state index contributed by atoms with van der Waals surface area (Å²) >= 11 is 0. The van der Waals surface area contributed by atoms with Crippen LogP contribution >= 0.6 is 0 Å². The number of H-pyrrole nitrogens is 1. The van der Waals surface area contributed by atoms with E-state index in [9.17, 15) is 10.1 Å². The number of likely N-dealkylation sites (tertiary alicyclic amines) is 1. The number of amides is 1. The van der Waals surface area contributed by atoms with Crippen molar-refractivity contribution in [3.8, 4) is 17.5 Å². The van der Waals surface area contributed by atoms with Gasteiger partial charge in [0.1, 0.15) is 5.82 Å². The summed E-state index contributed by atoms with van der Waals surface area (Å²) in [6, 6.07) is 14.4. The van der Waals surface area contributed by atoms with Crippen molar-refractivity contribution in [2.75, 3.05) is 13.1 Å². The standard InChI is InChI=1S/C27H29N5O/c1-17-14-24(19-7-5-8-19)25(26-29-18(2)30-31-26)15-23(17)27(33)32-12-10-20(11-13-32)22-9-4-3-6-21(22)16-28/h3-4,6,9,14-15,19-20H,5,7-8,10-13H2,1-2H3,(H,29,30,31). The highest BCUT2D eigenvalue weighted by molar-refractivity contribution is 5.97. The molecule has 2 fully saturated rings. The predicted octanol–water partition coefficient (Wildman–Crippen LogP) is 5.25. The Hall–Kier alpha value is -3.46. The molecule has 1 saturated heterocycles. The molecular weight excluding hydrogens is 410 g/mol. The van der Waals surface area contributed by atoms with Gasteiger partial charge in [-0.25, -0.2) is 4.98 Å².